The number of para-hydroxylation sites is 1. The van der Waals surface area contributed by atoms with Gasteiger partial charge in [0, 0.05) is 45.8 Å². The number of hydrogen-bond donors (Lipinski definition) is 1. The first-order chi connectivity index (χ1) is 15.1. The van der Waals surface area contributed by atoms with E-state index in [9.17, 15) is 9.59 Å². The first-order valence-corrected chi connectivity index (χ1v) is 11.8. The summed E-state index contributed by atoms with van der Waals surface area (Å²) in [5.41, 5.74) is 0. The molecule has 0 aromatic heterocycles. The van der Waals surface area contributed by atoms with Crippen molar-refractivity contribution in [3.8, 4) is 5.75 Å². The Morgan fingerprint density at radius 3 is 2.61 bits per heavy atom. The van der Waals surface area contributed by atoms with E-state index in [0.717, 1.165) is 77.2 Å². The molecule has 2 saturated heterocycles. The molecule has 7 nitrogen and oxygen atoms in total. The number of rotatable bonds is 10. The number of nitrogens with zero attached hydrogens (tertiary/aromatic N) is 3. The maximum atomic E-state index is 12.6. The highest BCUT2D eigenvalue weighted by Crippen LogP contribution is 2.18. The van der Waals surface area contributed by atoms with Crippen molar-refractivity contribution in [3.05, 3.63) is 30.3 Å². The second-order valence-electron chi connectivity index (χ2n) is 8.73. The van der Waals surface area contributed by atoms with Crippen molar-refractivity contribution in [2.75, 3.05) is 66.0 Å². The van der Waals surface area contributed by atoms with Gasteiger partial charge in [-0.25, -0.2) is 0 Å². The molecule has 172 valence electrons. The summed E-state index contributed by atoms with van der Waals surface area (Å²) in [4.78, 5) is 31.8. The van der Waals surface area contributed by atoms with Gasteiger partial charge in [0.1, 0.15) is 5.75 Å². The van der Waals surface area contributed by atoms with Crippen LogP contribution in [0.15, 0.2) is 30.3 Å². The van der Waals surface area contributed by atoms with Crippen molar-refractivity contribution in [3.63, 3.8) is 0 Å². The first kappa shape index (κ1) is 23.5. The molecule has 0 spiro atoms. The van der Waals surface area contributed by atoms with Crippen LogP contribution >= 0.6 is 0 Å². The fourth-order valence-electron chi connectivity index (χ4n) is 4.24. The highest BCUT2D eigenvalue weighted by Gasteiger charge is 2.28. The summed E-state index contributed by atoms with van der Waals surface area (Å²) in [5, 5.41) is 3.09. The lowest BCUT2D eigenvalue weighted by atomic mass is 9.97. The second-order valence-corrected chi connectivity index (χ2v) is 8.73. The number of piperidine rings is 1. The molecule has 1 unspecified atom stereocenters. The Morgan fingerprint density at radius 1 is 1.06 bits per heavy atom. The molecule has 2 heterocycles. The van der Waals surface area contributed by atoms with Gasteiger partial charge in [0.15, 0.2) is 0 Å². The topological polar surface area (TPSA) is 65.1 Å². The normalized spacial score (nSPS) is 20.4. The maximum absolute atomic E-state index is 12.6. The molecule has 1 aromatic carbocycles. The SMILES string of the molecule is CN1CCN(CCCCNC(=O)C2CCCN(C(=O)CCOc3ccccc3)C2)CC1. The highest BCUT2D eigenvalue weighted by molar-refractivity contribution is 5.81. The zero-order valence-corrected chi connectivity index (χ0v) is 18.9. The summed E-state index contributed by atoms with van der Waals surface area (Å²) in [6.07, 6.45) is 4.20. The van der Waals surface area contributed by atoms with E-state index < -0.39 is 0 Å². The van der Waals surface area contributed by atoms with E-state index in [1.807, 2.05) is 35.2 Å². The van der Waals surface area contributed by atoms with Crippen LogP contribution in [0, 0.1) is 5.92 Å². The average Bonchev–Trinajstić information content (AvgIpc) is 2.80. The molecule has 0 aliphatic carbocycles. The third-order valence-corrected chi connectivity index (χ3v) is 6.27. The second kappa shape index (κ2) is 12.7. The monoisotopic (exact) mass is 430 g/mol. The fourth-order valence-corrected chi connectivity index (χ4v) is 4.24. The number of likely N-dealkylation sites (tertiary alicyclic amines) is 1. The van der Waals surface area contributed by atoms with Gasteiger partial charge in [-0.2, -0.15) is 0 Å². The first-order valence-electron chi connectivity index (χ1n) is 11.8. The van der Waals surface area contributed by atoms with Gasteiger partial charge in [-0.3, -0.25) is 9.59 Å². The predicted octanol–water partition coefficient (Wildman–Crippen LogP) is 1.84. The van der Waals surface area contributed by atoms with Crippen LogP contribution < -0.4 is 10.1 Å². The molecule has 31 heavy (non-hydrogen) atoms. The zero-order chi connectivity index (χ0) is 21.9. The Balaban J connectivity index is 1.28. The third-order valence-electron chi connectivity index (χ3n) is 6.27. The number of benzene rings is 1. The summed E-state index contributed by atoms with van der Waals surface area (Å²) in [7, 11) is 2.17. The van der Waals surface area contributed by atoms with E-state index in [1.165, 1.54) is 0 Å². The molecule has 2 fully saturated rings. The molecule has 0 saturated carbocycles. The van der Waals surface area contributed by atoms with Gasteiger partial charge in [0.25, 0.3) is 0 Å². The molecule has 2 aliphatic heterocycles. The van der Waals surface area contributed by atoms with E-state index >= 15 is 0 Å². The minimum absolute atomic E-state index is 0.0700. The Kier molecular flexibility index (Phi) is 9.62. The van der Waals surface area contributed by atoms with Crippen molar-refractivity contribution in [1.82, 2.24) is 20.0 Å². The highest BCUT2D eigenvalue weighted by atomic mass is 16.5. The Bertz CT molecular complexity index is 677. The van der Waals surface area contributed by atoms with Crippen LogP contribution in [0.2, 0.25) is 0 Å². The van der Waals surface area contributed by atoms with Crippen molar-refractivity contribution in [2.45, 2.75) is 32.1 Å². The van der Waals surface area contributed by atoms with Crippen molar-refractivity contribution in [1.29, 1.82) is 0 Å². The van der Waals surface area contributed by atoms with Gasteiger partial charge in [-0.15, -0.1) is 0 Å². The lowest BCUT2D eigenvalue weighted by Crippen LogP contribution is -2.46. The van der Waals surface area contributed by atoms with E-state index in [1.54, 1.807) is 0 Å². The molecule has 1 aromatic rings. The molecule has 2 amide bonds. The number of nitrogens with one attached hydrogen (secondary N) is 1. The van der Waals surface area contributed by atoms with Crippen molar-refractivity contribution < 1.29 is 14.3 Å². The van der Waals surface area contributed by atoms with Crippen LogP contribution in [0.1, 0.15) is 32.1 Å². The number of carbonyl (C=O) groups is 2. The van der Waals surface area contributed by atoms with Crippen LogP contribution in [0.4, 0.5) is 0 Å². The summed E-state index contributed by atoms with van der Waals surface area (Å²) in [6.45, 7) is 8.04. The number of unbranched alkanes of at least 4 members (excludes halogenated alkanes) is 1. The van der Waals surface area contributed by atoms with Crippen LogP contribution in [0.5, 0.6) is 5.75 Å². The lowest BCUT2D eigenvalue weighted by molar-refractivity contribution is -0.136. The standard InChI is InChI=1S/C24H38N4O3/c1-26-15-17-27(18-16-26)13-6-5-12-25-24(30)21-8-7-14-28(20-21)23(29)11-19-31-22-9-3-2-4-10-22/h2-4,9-10,21H,5-8,11-20H2,1H3,(H,25,30). The molecular weight excluding hydrogens is 392 g/mol. The molecule has 3 rings (SSSR count). The molecule has 2 aliphatic rings. The fraction of sp³-hybridized carbons (Fsp3) is 0.667. The molecule has 1 N–H and O–H groups in total. The van der Waals surface area contributed by atoms with E-state index in [0.29, 0.717) is 19.6 Å². The number of likely N-dealkylation sites (N-methyl/N-ethyl adjacent to an activating group) is 1. The molecule has 0 radical (unpaired) electrons. The van der Waals surface area contributed by atoms with Gasteiger partial charge < -0.3 is 24.8 Å². The Morgan fingerprint density at radius 2 is 1.84 bits per heavy atom. The zero-order valence-electron chi connectivity index (χ0n) is 18.9. The summed E-state index contributed by atoms with van der Waals surface area (Å²) < 4.78 is 5.63. The van der Waals surface area contributed by atoms with Gasteiger partial charge in [0.2, 0.25) is 11.8 Å². The summed E-state index contributed by atoms with van der Waals surface area (Å²) in [5.74, 6) is 0.849. The van der Waals surface area contributed by atoms with Gasteiger partial charge >= 0.3 is 0 Å². The molecule has 0 bridgehead atoms. The van der Waals surface area contributed by atoms with E-state index in [4.69, 9.17) is 4.74 Å². The van der Waals surface area contributed by atoms with Gasteiger partial charge in [-0.1, -0.05) is 18.2 Å². The minimum atomic E-state index is -0.0922. The van der Waals surface area contributed by atoms with Gasteiger partial charge in [-0.05, 0) is 51.4 Å². The van der Waals surface area contributed by atoms with E-state index in [-0.39, 0.29) is 17.7 Å². The smallest absolute Gasteiger partial charge is 0.226 e. The van der Waals surface area contributed by atoms with Crippen molar-refractivity contribution >= 4 is 11.8 Å². The number of amides is 2. The Hall–Kier alpha value is -2.12. The number of ether oxygens (including phenoxy) is 1. The molecular formula is C24H38N4O3. The lowest BCUT2D eigenvalue weighted by Gasteiger charge is -2.32. The summed E-state index contributed by atoms with van der Waals surface area (Å²) in [6, 6.07) is 9.53. The third kappa shape index (κ3) is 8.15. The number of carbonyl (C=O) groups excluding carboxylic acids is 2. The molecule has 7 heteroatoms. The van der Waals surface area contributed by atoms with Crippen LogP contribution in [0.25, 0.3) is 0 Å². The minimum Gasteiger partial charge on any atom is -0.493 e. The van der Waals surface area contributed by atoms with Gasteiger partial charge in [0.05, 0.1) is 18.9 Å². The Labute approximate surface area is 186 Å². The maximum Gasteiger partial charge on any atom is 0.226 e. The van der Waals surface area contributed by atoms with Crippen molar-refractivity contribution in [2.24, 2.45) is 5.92 Å². The van der Waals surface area contributed by atoms with Crippen LogP contribution in [-0.2, 0) is 9.59 Å². The number of piperazine rings is 1. The average molecular weight is 431 g/mol. The van der Waals surface area contributed by atoms with Crippen LogP contribution in [-0.4, -0.2) is 92.5 Å². The molecule has 1 atom stereocenters. The predicted molar refractivity (Wildman–Crippen MR) is 122 cm³/mol. The quantitative estimate of drug-likeness (QED) is 0.574. The summed E-state index contributed by atoms with van der Waals surface area (Å²) >= 11 is 0. The largest absolute Gasteiger partial charge is 0.493 e. The van der Waals surface area contributed by atoms with E-state index in [2.05, 4.69) is 22.2 Å². The number of hydrogen-bond acceptors (Lipinski definition) is 5. The van der Waals surface area contributed by atoms with Crippen LogP contribution in [0.3, 0.4) is 0 Å².